The highest BCUT2D eigenvalue weighted by atomic mass is 35.5. The van der Waals surface area contributed by atoms with Crippen molar-refractivity contribution in [3.63, 3.8) is 0 Å². The van der Waals surface area contributed by atoms with Crippen molar-refractivity contribution in [1.29, 1.82) is 0 Å². The van der Waals surface area contributed by atoms with E-state index in [-0.39, 0.29) is 6.61 Å². The Hall–Kier alpha value is -0.0100. The first-order valence-corrected chi connectivity index (χ1v) is 7.52. The zero-order valence-electron chi connectivity index (χ0n) is 8.23. The van der Waals surface area contributed by atoms with E-state index in [1.807, 2.05) is 18.2 Å². The molecule has 0 aliphatic rings. The third kappa shape index (κ3) is 3.81. The number of hydrogen-bond donors (Lipinski definition) is 0. The van der Waals surface area contributed by atoms with Crippen molar-refractivity contribution < 1.29 is 9.09 Å². The molecule has 0 saturated heterocycles. The van der Waals surface area contributed by atoms with Crippen LogP contribution in [0.4, 0.5) is 0 Å². The summed E-state index contributed by atoms with van der Waals surface area (Å²) in [5.41, 5.74) is 0. The van der Waals surface area contributed by atoms with E-state index in [1.165, 1.54) is 0 Å². The molecule has 1 aromatic rings. The molecule has 84 valence electrons. The van der Waals surface area contributed by atoms with E-state index in [1.54, 1.807) is 12.1 Å². The first-order chi connectivity index (χ1) is 7.23. The Labute approximate surface area is 100.0 Å². The van der Waals surface area contributed by atoms with Gasteiger partial charge in [0.15, 0.2) is 0 Å². The molecule has 0 aromatic heterocycles. The molecule has 2 nitrogen and oxygen atoms in total. The maximum Gasteiger partial charge on any atom is 0.233 e. The van der Waals surface area contributed by atoms with Crippen molar-refractivity contribution in [3.8, 4) is 0 Å². The second-order valence-electron chi connectivity index (χ2n) is 2.94. The van der Waals surface area contributed by atoms with Crippen LogP contribution in [0.15, 0.2) is 30.3 Å². The average molecular weight is 267 g/mol. The lowest BCUT2D eigenvalue weighted by Gasteiger charge is -2.17. The summed E-state index contributed by atoms with van der Waals surface area (Å²) in [4.78, 5) is 0. The van der Waals surface area contributed by atoms with Crippen LogP contribution in [-0.4, -0.2) is 24.5 Å². The summed E-state index contributed by atoms with van der Waals surface area (Å²) in [6.07, 6.45) is 0.343. The van der Waals surface area contributed by atoms with E-state index in [4.69, 9.17) is 27.7 Å². The van der Waals surface area contributed by atoms with Crippen LogP contribution < -0.4 is 5.30 Å². The summed E-state index contributed by atoms with van der Waals surface area (Å²) < 4.78 is 17.8. The van der Waals surface area contributed by atoms with E-state index in [0.29, 0.717) is 23.2 Å². The van der Waals surface area contributed by atoms with Crippen molar-refractivity contribution >= 4 is 35.9 Å². The molecule has 1 aromatic carbocycles. The molecule has 1 rings (SSSR count). The minimum absolute atomic E-state index is 0.282. The van der Waals surface area contributed by atoms with Crippen LogP contribution in [0, 0.1) is 0 Å². The second-order valence-corrected chi connectivity index (χ2v) is 6.27. The van der Waals surface area contributed by atoms with Crippen molar-refractivity contribution in [3.05, 3.63) is 30.3 Å². The quantitative estimate of drug-likeness (QED) is 0.584. The van der Waals surface area contributed by atoms with E-state index in [0.717, 1.165) is 0 Å². The maximum absolute atomic E-state index is 12.4. The van der Waals surface area contributed by atoms with Gasteiger partial charge < -0.3 is 4.52 Å². The molecule has 0 fully saturated rings. The van der Waals surface area contributed by atoms with Gasteiger partial charge in [-0.2, -0.15) is 0 Å². The Kier molecular flexibility index (Phi) is 5.70. The molecule has 0 N–H and O–H groups in total. The molecule has 0 saturated carbocycles. The Balaban J connectivity index is 2.86. The summed E-state index contributed by atoms with van der Waals surface area (Å²) in [6, 6.07) is 9.12. The summed E-state index contributed by atoms with van der Waals surface area (Å²) >= 11 is 11.1. The predicted molar refractivity (Wildman–Crippen MR) is 65.9 cm³/mol. The standard InChI is InChI=1S/C10H13Cl2O2P/c11-6-8-14-15(13,9-7-12)10-4-2-1-3-5-10/h1-5H,6-9H2. The van der Waals surface area contributed by atoms with Gasteiger partial charge in [-0.3, -0.25) is 4.57 Å². The van der Waals surface area contributed by atoms with Crippen LogP contribution in [0.1, 0.15) is 0 Å². The number of benzene rings is 1. The molecular formula is C10H13Cl2O2P. The predicted octanol–water partition coefficient (Wildman–Crippen LogP) is 3.08. The zero-order chi connectivity index (χ0) is 11.1. The van der Waals surface area contributed by atoms with Gasteiger partial charge in [0.05, 0.1) is 6.61 Å². The molecule has 1 unspecified atom stereocenters. The Morgan fingerprint density at radius 2 is 1.80 bits per heavy atom. The van der Waals surface area contributed by atoms with E-state index >= 15 is 0 Å². The van der Waals surface area contributed by atoms with Crippen LogP contribution in [0.25, 0.3) is 0 Å². The molecule has 0 heterocycles. The fourth-order valence-corrected chi connectivity index (χ4v) is 3.84. The lowest BCUT2D eigenvalue weighted by atomic mass is 10.4. The minimum Gasteiger partial charge on any atom is -0.324 e. The maximum atomic E-state index is 12.4. The van der Waals surface area contributed by atoms with Gasteiger partial charge in [0, 0.05) is 23.2 Å². The zero-order valence-corrected chi connectivity index (χ0v) is 10.6. The number of alkyl halides is 2. The van der Waals surface area contributed by atoms with Gasteiger partial charge in [-0.05, 0) is 12.1 Å². The van der Waals surface area contributed by atoms with Gasteiger partial charge in [-0.1, -0.05) is 18.2 Å². The highest BCUT2D eigenvalue weighted by Crippen LogP contribution is 2.45. The summed E-state index contributed by atoms with van der Waals surface area (Å²) in [5, 5.41) is 0.704. The van der Waals surface area contributed by atoms with Gasteiger partial charge in [0.1, 0.15) is 0 Å². The average Bonchev–Trinajstić information content (AvgIpc) is 2.28. The lowest BCUT2D eigenvalue weighted by Crippen LogP contribution is -2.12. The fourth-order valence-electron chi connectivity index (χ4n) is 1.22. The van der Waals surface area contributed by atoms with Crippen LogP contribution in [-0.2, 0) is 9.09 Å². The fraction of sp³-hybridized carbons (Fsp3) is 0.400. The highest BCUT2D eigenvalue weighted by molar-refractivity contribution is 7.67. The van der Waals surface area contributed by atoms with E-state index < -0.39 is 7.37 Å². The lowest BCUT2D eigenvalue weighted by molar-refractivity contribution is 0.344. The van der Waals surface area contributed by atoms with Gasteiger partial charge in [0.25, 0.3) is 0 Å². The number of hydrogen-bond acceptors (Lipinski definition) is 2. The SMILES string of the molecule is O=P(CCCl)(OCCCl)c1ccccc1. The third-order valence-electron chi connectivity index (χ3n) is 1.91. The number of halogens is 2. The van der Waals surface area contributed by atoms with Crippen molar-refractivity contribution in [1.82, 2.24) is 0 Å². The molecule has 1 atom stereocenters. The molecule has 0 aliphatic carbocycles. The Morgan fingerprint density at radius 1 is 1.13 bits per heavy atom. The topological polar surface area (TPSA) is 26.3 Å². The van der Waals surface area contributed by atoms with Gasteiger partial charge in [-0.15, -0.1) is 23.2 Å². The summed E-state index contributed by atoms with van der Waals surface area (Å²) in [6.45, 7) is 0.282. The summed E-state index contributed by atoms with van der Waals surface area (Å²) in [5.74, 6) is 0.646. The van der Waals surface area contributed by atoms with Crippen molar-refractivity contribution in [2.45, 2.75) is 0 Å². The van der Waals surface area contributed by atoms with Gasteiger partial charge in [-0.25, -0.2) is 0 Å². The normalized spacial score (nSPS) is 14.8. The Morgan fingerprint density at radius 3 is 2.33 bits per heavy atom. The molecule has 0 aliphatic heterocycles. The molecule has 0 radical (unpaired) electrons. The van der Waals surface area contributed by atoms with Gasteiger partial charge in [0.2, 0.25) is 7.37 Å². The molecule has 5 heteroatoms. The van der Waals surface area contributed by atoms with Crippen molar-refractivity contribution in [2.75, 3.05) is 24.5 Å². The molecular weight excluding hydrogens is 254 g/mol. The van der Waals surface area contributed by atoms with Crippen LogP contribution >= 0.6 is 30.6 Å². The van der Waals surface area contributed by atoms with E-state index in [9.17, 15) is 4.57 Å². The van der Waals surface area contributed by atoms with Crippen LogP contribution in [0.2, 0.25) is 0 Å². The van der Waals surface area contributed by atoms with Crippen LogP contribution in [0.5, 0.6) is 0 Å². The second kappa shape index (κ2) is 6.55. The van der Waals surface area contributed by atoms with Crippen molar-refractivity contribution in [2.24, 2.45) is 0 Å². The van der Waals surface area contributed by atoms with Crippen LogP contribution in [0.3, 0.4) is 0 Å². The highest BCUT2D eigenvalue weighted by Gasteiger charge is 2.24. The first kappa shape index (κ1) is 13.1. The molecule has 0 bridgehead atoms. The first-order valence-electron chi connectivity index (χ1n) is 4.64. The monoisotopic (exact) mass is 266 g/mol. The largest absolute Gasteiger partial charge is 0.324 e. The smallest absolute Gasteiger partial charge is 0.233 e. The van der Waals surface area contributed by atoms with Gasteiger partial charge >= 0.3 is 0 Å². The molecule has 0 amide bonds. The third-order valence-corrected chi connectivity index (χ3v) is 5.01. The minimum atomic E-state index is -2.80. The van der Waals surface area contributed by atoms with E-state index in [2.05, 4.69) is 0 Å². The molecule has 15 heavy (non-hydrogen) atoms. The summed E-state index contributed by atoms with van der Waals surface area (Å²) in [7, 11) is -2.80. The molecule has 0 spiro atoms. The number of rotatable bonds is 6. The Bertz CT molecular complexity index is 329.